The van der Waals surface area contributed by atoms with Crippen LogP contribution in [0.3, 0.4) is 0 Å². The van der Waals surface area contributed by atoms with Gasteiger partial charge in [-0.3, -0.25) is 4.79 Å². The fourth-order valence-electron chi connectivity index (χ4n) is 5.62. The molecule has 1 spiro atoms. The lowest BCUT2D eigenvalue weighted by molar-refractivity contribution is -0.139. The topological polar surface area (TPSA) is 65.9 Å². The highest BCUT2D eigenvalue weighted by Crippen LogP contribution is 2.44. The zero-order chi connectivity index (χ0) is 22.1. The van der Waals surface area contributed by atoms with Crippen molar-refractivity contribution in [2.45, 2.75) is 57.1 Å². The van der Waals surface area contributed by atoms with Crippen molar-refractivity contribution in [3.05, 3.63) is 48.4 Å². The van der Waals surface area contributed by atoms with E-state index in [1.54, 1.807) is 30.5 Å². The Morgan fingerprint density at radius 3 is 2.69 bits per heavy atom. The van der Waals surface area contributed by atoms with Crippen LogP contribution in [0.2, 0.25) is 0 Å². The molecule has 1 N–H and O–H groups in total. The van der Waals surface area contributed by atoms with Crippen LogP contribution in [0.1, 0.15) is 44.9 Å². The number of halogens is 1. The van der Waals surface area contributed by atoms with Gasteiger partial charge < -0.3 is 19.6 Å². The van der Waals surface area contributed by atoms with Crippen LogP contribution in [0.4, 0.5) is 10.1 Å². The molecule has 1 aromatic carbocycles. The molecular weight excluding hydrogens is 409 g/mol. The van der Waals surface area contributed by atoms with Gasteiger partial charge in [0, 0.05) is 44.0 Å². The summed E-state index contributed by atoms with van der Waals surface area (Å²) in [4.78, 5) is 21.7. The Morgan fingerprint density at radius 2 is 1.94 bits per heavy atom. The van der Waals surface area contributed by atoms with Gasteiger partial charge in [-0.05, 0) is 63.1 Å². The van der Waals surface area contributed by atoms with Gasteiger partial charge in [-0.15, -0.1) is 0 Å². The molecule has 32 heavy (non-hydrogen) atoms. The molecule has 3 heterocycles. The Bertz CT molecular complexity index is 964. The van der Waals surface area contributed by atoms with Crippen LogP contribution in [0.25, 0.3) is 0 Å². The smallest absolute Gasteiger partial charge is 0.230 e. The van der Waals surface area contributed by atoms with Crippen LogP contribution in [0.5, 0.6) is 11.6 Å². The van der Waals surface area contributed by atoms with Crippen LogP contribution in [-0.4, -0.2) is 52.7 Å². The minimum atomic E-state index is -0.427. The van der Waals surface area contributed by atoms with E-state index in [0.29, 0.717) is 23.9 Å². The molecule has 2 aromatic rings. The van der Waals surface area contributed by atoms with E-state index in [4.69, 9.17) is 4.74 Å². The van der Waals surface area contributed by atoms with Gasteiger partial charge >= 0.3 is 0 Å². The lowest BCUT2D eigenvalue weighted by atomic mass is 9.78. The Kier molecular flexibility index (Phi) is 5.76. The van der Waals surface area contributed by atoms with E-state index >= 15 is 4.39 Å². The summed E-state index contributed by atoms with van der Waals surface area (Å²) in [6, 6.07) is 10.5. The van der Waals surface area contributed by atoms with E-state index in [1.165, 1.54) is 6.07 Å². The molecule has 1 aliphatic carbocycles. The maximum atomic E-state index is 15.1. The predicted molar refractivity (Wildman–Crippen MR) is 119 cm³/mol. The van der Waals surface area contributed by atoms with Crippen molar-refractivity contribution in [3.8, 4) is 11.6 Å². The number of aliphatic hydroxyl groups excluding tert-OH is 1. The van der Waals surface area contributed by atoms with E-state index in [-0.39, 0.29) is 23.9 Å². The summed E-state index contributed by atoms with van der Waals surface area (Å²) in [5.41, 5.74) is 0.0913. The summed E-state index contributed by atoms with van der Waals surface area (Å²) in [6.45, 7) is 2.06. The van der Waals surface area contributed by atoms with E-state index in [9.17, 15) is 9.90 Å². The van der Waals surface area contributed by atoms with Gasteiger partial charge in [0.1, 0.15) is 11.6 Å². The van der Waals surface area contributed by atoms with Gasteiger partial charge in [0.25, 0.3) is 0 Å². The highest BCUT2D eigenvalue weighted by Gasteiger charge is 2.50. The number of hydrogen-bond donors (Lipinski definition) is 1. The van der Waals surface area contributed by atoms with Gasteiger partial charge in [0.2, 0.25) is 11.8 Å². The molecule has 2 aliphatic heterocycles. The molecule has 2 saturated heterocycles. The third-order valence-electron chi connectivity index (χ3n) is 7.35. The van der Waals surface area contributed by atoms with Gasteiger partial charge in [-0.25, -0.2) is 9.37 Å². The molecule has 0 radical (unpaired) electrons. The summed E-state index contributed by atoms with van der Waals surface area (Å²) < 4.78 is 20.7. The van der Waals surface area contributed by atoms with Crippen molar-refractivity contribution in [2.24, 2.45) is 5.41 Å². The van der Waals surface area contributed by atoms with Crippen LogP contribution in [0.15, 0.2) is 42.6 Å². The quantitative estimate of drug-likeness (QED) is 0.776. The number of benzene rings is 1. The second-order valence-electron chi connectivity index (χ2n) is 9.40. The van der Waals surface area contributed by atoms with Gasteiger partial charge in [-0.1, -0.05) is 6.07 Å². The number of aromatic nitrogens is 1. The predicted octanol–water partition coefficient (Wildman–Crippen LogP) is 4.14. The summed E-state index contributed by atoms with van der Waals surface area (Å²) in [6.07, 6.45) is 7.24. The number of pyridine rings is 1. The molecule has 1 amide bonds. The number of anilines is 1. The van der Waals surface area contributed by atoms with Crippen molar-refractivity contribution in [1.29, 1.82) is 0 Å². The molecule has 3 aliphatic rings. The van der Waals surface area contributed by atoms with E-state index in [0.717, 1.165) is 58.0 Å². The maximum absolute atomic E-state index is 15.1. The first-order valence-electron chi connectivity index (χ1n) is 11.7. The lowest BCUT2D eigenvalue weighted by Crippen LogP contribution is -2.50. The lowest BCUT2D eigenvalue weighted by Gasteiger charge is -2.41. The average Bonchev–Trinajstić information content (AvgIpc) is 3.10. The number of amides is 1. The van der Waals surface area contributed by atoms with Crippen molar-refractivity contribution < 1.29 is 19.0 Å². The summed E-state index contributed by atoms with van der Waals surface area (Å²) >= 11 is 0. The Balaban J connectivity index is 1.29. The number of hydrogen-bond acceptors (Lipinski definition) is 5. The van der Waals surface area contributed by atoms with E-state index < -0.39 is 5.41 Å². The fraction of sp³-hybridized carbons (Fsp3) is 0.520. The third-order valence-corrected chi connectivity index (χ3v) is 7.35. The van der Waals surface area contributed by atoms with E-state index in [2.05, 4.69) is 9.88 Å². The first-order chi connectivity index (χ1) is 15.5. The molecule has 1 aromatic heterocycles. The van der Waals surface area contributed by atoms with Crippen molar-refractivity contribution in [1.82, 2.24) is 9.88 Å². The molecule has 170 valence electrons. The van der Waals surface area contributed by atoms with Crippen molar-refractivity contribution in [3.63, 3.8) is 0 Å². The second kappa shape index (κ2) is 8.70. The number of aliphatic hydroxyl groups is 1. The Hall–Kier alpha value is -2.67. The molecular formula is C25H30FN3O3. The van der Waals surface area contributed by atoms with Crippen LogP contribution >= 0.6 is 0 Å². The van der Waals surface area contributed by atoms with Gasteiger partial charge in [0.15, 0.2) is 0 Å². The molecule has 7 heteroatoms. The zero-order valence-electron chi connectivity index (χ0n) is 18.3. The molecule has 1 atom stereocenters. The van der Waals surface area contributed by atoms with Crippen LogP contribution in [-0.2, 0) is 4.79 Å². The van der Waals surface area contributed by atoms with Crippen molar-refractivity contribution in [2.75, 3.05) is 24.5 Å². The number of rotatable bonds is 4. The first-order valence-corrected chi connectivity index (χ1v) is 11.7. The molecule has 5 rings (SSSR count). The minimum absolute atomic E-state index is 0.221. The standard InChI is InChI=1S/C25H30FN3O3/c26-21-16-20(32-23-4-1-2-13-27-23)9-10-22(21)28-14-3-11-25(17-28)12-15-29(24(25)31)18-5-7-19(30)8-6-18/h1-2,4,9-10,13,16,18-19,30H,3,5-8,11-12,14-15,17H2/t18-,19-,25?. The van der Waals surface area contributed by atoms with Gasteiger partial charge in [0.05, 0.1) is 17.2 Å². The number of carbonyl (C=O) groups excluding carboxylic acids is 1. The van der Waals surface area contributed by atoms with E-state index in [1.807, 2.05) is 11.0 Å². The highest BCUT2D eigenvalue weighted by molar-refractivity contribution is 5.86. The first kappa shape index (κ1) is 21.2. The summed E-state index contributed by atoms with van der Waals surface area (Å²) in [7, 11) is 0. The number of piperidine rings is 1. The molecule has 6 nitrogen and oxygen atoms in total. The average molecular weight is 440 g/mol. The number of likely N-dealkylation sites (tertiary alicyclic amines) is 1. The molecule has 1 unspecified atom stereocenters. The Labute approximate surface area is 188 Å². The Morgan fingerprint density at radius 1 is 1.09 bits per heavy atom. The van der Waals surface area contributed by atoms with Crippen molar-refractivity contribution >= 4 is 11.6 Å². The fourth-order valence-corrected chi connectivity index (χ4v) is 5.62. The zero-order valence-corrected chi connectivity index (χ0v) is 18.3. The molecule has 0 bridgehead atoms. The van der Waals surface area contributed by atoms with Crippen LogP contribution in [0, 0.1) is 11.2 Å². The van der Waals surface area contributed by atoms with Crippen LogP contribution < -0.4 is 9.64 Å². The highest BCUT2D eigenvalue weighted by atomic mass is 19.1. The summed E-state index contributed by atoms with van der Waals surface area (Å²) in [5.74, 6) is 0.695. The largest absolute Gasteiger partial charge is 0.439 e. The SMILES string of the molecule is O=C1N([C@H]2CC[C@H](O)CC2)CCC12CCCN(c1ccc(Oc3ccccn3)cc1F)C2. The number of ether oxygens (including phenoxy) is 1. The second-order valence-corrected chi connectivity index (χ2v) is 9.40. The normalized spacial score (nSPS) is 28.4. The van der Waals surface area contributed by atoms with Gasteiger partial charge in [-0.2, -0.15) is 0 Å². The molecule has 3 fully saturated rings. The number of carbonyl (C=O) groups is 1. The number of nitrogens with zero attached hydrogens (tertiary/aromatic N) is 3. The monoisotopic (exact) mass is 439 g/mol. The molecule has 1 saturated carbocycles. The minimum Gasteiger partial charge on any atom is -0.439 e. The summed E-state index contributed by atoms with van der Waals surface area (Å²) in [5, 5.41) is 9.81. The third kappa shape index (κ3) is 4.06. The maximum Gasteiger partial charge on any atom is 0.230 e.